The monoisotopic (exact) mass is 360 g/mol. The molecule has 7 nitrogen and oxygen atoms in total. The van der Waals surface area contributed by atoms with Crippen molar-refractivity contribution in [1.29, 1.82) is 0 Å². The minimum absolute atomic E-state index is 0.206. The van der Waals surface area contributed by atoms with Crippen molar-refractivity contribution in [3.63, 3.8) is 0 Å². The molecule has 0 bridgehead atoms. The number of hydrogen-bond donors (Lipinski definition) is 2. The van der Waals surface area contributed by atoms with E-state index in [9.17, 15) is 18.8 Å². The van der Waals surface area contributed by atoms with Crippen LogP contribution >= 0.6 is 0 Å². The number of anilines is 1. The summed E-state index contributed by atoms with van der Waals surface area (Å²) in [6.45, 7) is 1.14. The number of hydrogen-bond acceptors (Lipinski definition) is 5. The summed E-state index contributed by atoms with van der Waals surface area (Å²) in [5.41, 5.74) is 5.56. The summed E-state index contributed by atoms with van der Waals surface area (Å²) < 4.78 is 23.0. The largest absolute Gasteiger partial charge is 0.484 e. The third-order valence-electron chi connectivity index (χ3n) is 3.24. The average molecular weight is 360 g/mol. The number of carbonyl (C=O) groups is 3. The number of rotatable bonds is 7. The highest BCUT2D eigenvalue weighted by Crippen LogP contribution is 2.14. The fourth-order valence-corrected chi connectivity index (χ4v) is 1.90. The molecule has 2 aromatic rings. The summed E-state index contributed by atoms with van der Waals surface area (Å²) in [6.07, 6.45) is -1.06. The van der Waals surface area contributed by atoms with Crippen LogP contribution in [0.4, 0.5) is 10.1 Å². The molecule has 136 valence electrons. The SMILES string of the molecule is C[C@H](OC(=O)c1ccc(OCC(N)=O)cc1)C(=O)Nc1ccc(F)cc1. The Kier molecular flexibility index (Phi) is 6.26. The van der Waals surface area contributed by atoms with Crippen LogP contribution in [0.5, 0.6) is 5.75 Å². The van der Waals surface area contributed by atoms with Crippen molar-refractivity contribution < 1.29 is 28.2 Å². The highest BCUT2D eigenvalue weighted by Gasteiger charge is 2.19. The van der Waals surface area contributed by atoms with Gasteiger partial charge in [0.2, 0.25) is 0 Å². The summed E-state index contributed by atoms with van der Waals surface area (Å²) in [6, 6.07) is 11.0. The fraction of sp³-hybridized carbons (Fsp3) is 0.167. The van der Waals surface area contributed by atoms with Gasteiger partial charge in [0.05, 0.1) is 5.56 Å². The molecule has 0 radical (unpaired) electrons. The molecular weight excluding hydrogens is 343 g/mol. The van der Waals surface area contributed by atoms with E-state index in [0.29, 0.717) is 11.4 Å². The van der Waals surface area contributed by atoms with Gasteiger partial charge in [-0.3, -0.25) is 9.59 Å². The van der Waals surface area contributed by atoms with Crippen molar-refractivity contribution in [2.45, 2.75) is 13.0 Å². The number of nitrogens with one attached hydrogen (secondary N) is 1. The zero-order chi connectivity index (χ0) is 19.1. The van der Waals surface area contributed by atoms with Gasteiger partial charge in [-0.2, -0.15) is 0 Å². The Bertz CT molecular complexity index is 790. The summed E-state index contributed by atoms with van der Waals surface area (Å²) in [5, 5.41) is 2.52. The number of ether oxygens (including phenoxy) is 2. The normalized spacial score (nSPS) is 11.3. The van der Waals surface area contributed by atoms with Crippen LogP contribution in [0.15, 0.2) is 48.5 Å². The molecule has 0 aromatic heterocycles. The fourth-order valence-electron chi connectivity index (χ4n) is 1.90. The first-order valence-electron chi connectivity index (χ1n) is 7.63. The van der Waals surface area contributed by atoms with Gasteiger partial charge in [0.25, 0.3) is 11.8 Å². The van der Waals surface area contributed by atoms with Gasteiger partial charge in [0, 0.05) is 5.69 Å². The van der Waals surface area contributed by atoms with Crippen molar-refractivity contribution in [1.82, 2.24) is 0 Å². The van der Waals surface area contributed by atoms with E-state index < -0.39 is 29.7 Å². The zero-order valence-corrected chi connectivity index (χ0v) is 13.9. The molecule has 0 saturated carbocycles. The molecule has 2 rings (SSSR count). The molecule has 0 unspecified atom stereocenters. The van der Waals surface area contributed by atoms with E-state index in [0.717, 1.165) is 0 Å². The molecule has 0 saturated heterocycles. The molecule has 0 aliphatic rings. The first-order chi connectivity index (χ1) is 12.3. The molecule has 0 heterocycles. The lowest BCUT2D eigenvalue weighted by Crippen LogP contribution is -2.30. The average Bonchev–Trinajstić information content (AvgIpc) is 2.62. The van der Waals surface area contributed by atoms with E-state index in [1.54, 1.807) is 0 Å². The number of primary amides is 1. The van der Waals surface area contributed by atoms with Gasteiger partial charge < -0.3 is 20.5 Å². The maximum atomic E-state index is 12.8. The maximum Gasteiger partial charge on any atom is 0.338 e. The van der Waals surface area contributed by atoms with Gasteiger partial charge in [-0.05, 0) is 55.5 Å². The third kappa shape index (κ3) is 5.59. The Balaban J connectivity index is 1.90. The van der Waals surface area contributed by atoms with E-state index >= 15 is 0 Å². The number of amides is 2. The Hall–Kier alpha value is -3.42. The first-order valence-corrected chi connectivity index (χ1v) is 7.63. The number of nitrogens with two attached hydrogens (primary N) is 1. The van der Waals surface area contributed by atoms with Gasteiger partial charge >= 0.3 is 5.97 Å². The van der Waals surface area contributed by atoms with Crippen molar-refractivity contribution in [2.75, 3.05) is 11.9 Å². The standard InChI is InChI=1S/C18H17FN2O5/c1-11(17(23)21-14-6-4-13(19)5-7-14)26-18(24)12-2-8-15(9-3-12)25-10-16(20)22/h2-9,11H,10H2,1H3,(H2,20,22)(H,21,23)/t11-/m0/s1. The second kappa shape index (κ2) is 8.61. The Morgan fingerprint density at radius 1 is 1.08 bits per heavy atom. The van der Waals surface area contributed by atoms with Crippen molar-refractivity contribution in [3.05, 3.63) is 59.9 Å². The topological polar surface area (TPSA) is 108 Å². The lowest BCUT2D eigenvalue weighted by molar-refractivity contribution is -0.123. The van der Waals surface area contributed by atoms with Crippen molar-refractivity contribution >= 4 is 23.5 Å². The quantitative estimate of drug-likeness (QED) is 0.733. The minimum atomic E-state index is -1.06. The second-order valence-corrected chi connectivity index (χ2v) is 5.32. The predicted octanol–water partition coefficient (Wildman–Crippen LogP) is 1.87. The lowest BCUT2D eigenvalue weighted by atomic mass is 10.2. The van der Waals surface area contributed by atoms with E-state index in [1.807, 2.05) is 0 Å². The highest BCUT2D eigenvalue weighted by molar-refractivity contribution is 5.97. The van der Waals surface area contributed by atoms with Crippen LogP contribution in [0, 0.1) is 5.82 Å². The van der Waals surface area contributed by atoms with Crippen LogP contribution in [-0.4, -0.2) is 30.5 Å². The molecule has 26 heavy (non-hydrogen) atoms. The van der Waals surface area contributed by atoms with Gasteiger partial charge in [-0.15, -0.1) is 0 Å². The summed E-state index contributed by atoms with van der Waals surface area (Å²) >= 11 is 0. The first kappa shape index (κ1) is 18.9. The smallest absolute Gasteiger partial charge is 0.338 e. The summed E-state index contributed by atoms with van der Waals surface area (Å²) in [7, 11) is 0. The summed E-state index contributed by atoms with van der Waals surface area (Å²) in [4.78, 5) is 34.7. The van der Waals surface area contributed by atoms with Gasteiger partial charge in [0.1, 0.15) is 11.6 Å². The molecule has 1 atom stereocenters. The molecule has 2 amide bonds. The molecule has 0 aliphatic carbocycles. The lowest BCUT2D eigenvalue weighted by Gasteiger charge is -2.13. The van der Waals surface area contributed by atoms with Gasteiger partial charge in [0.15, 0.2) is 12.7 Å². The highest BCUT2D eigenvalue weighted by atomic mass is 19.1. The van der Waals surface area contributed by atoms with Crippen LogP contribution < -0.4 is 15.8 Å². The van der Waals surface area contributed by atoms with Gasteiger partial charge in [-0.1, -0.05) is 0 Å². The maximum absolute atomic E-state index is 12.8. The Morgan fingerprint density at radius 3 is 2.27 bits per heavy atom. The number of benzene rings is 2. The van der Waals surface area contributed by atoms with Crippen LogP contribution in [0.2, 0.25) is 0 Å². The molecule has 2 aromatic carbocycles. The third-order valence-corrected chi connectivity index (χ3v) is 3.24. The molecule has 8 heteroatoms. The minimum Gasteiger partial charge on any atom is -0.484 e. The van der Waals surface area contributed by atoms with Crippen LogP contribution in [0.25, 0.3) is 0 Å². The van der Waals surface area contributed by atoms with Gasteiger partial charge in [-0.25, -0.2) is 9.18 Å². The molecule has 0 spiro atoms. The Morgan fingerprint density at radius 2 is 1.69 bits per heavy atom. The molecular formula is C18H17FN2O5. The Labute approximate surface area is 148 Å². The molecule has 0 aliphatic heterocycles. The van der Waals surface area contributed by atoms with E-state index in [4.69, 9.17) is 15.2 Å². The second-order valence-electron chi connectivity index (χ2n) is 5.32. The van der Waals surface area contributed by atoms with Crippen LogP contribution in [0.1, 0.15) is 17.3 Å². The van der Waals surface area contributed by atoms with E-state index in [1.165, 1.54) is 55.5 Å². The predicted molar refractivity (Wildman–Crippen MR) is 91.0 cm³/mol. The van der Waals surface area contributed by atoms with E-state index in [-0.39, 0.29) is 12.2 Å². The van der Waals surface area contributed by atoms with E-state index in [2.05, 4.69) is 5.32 Å². The zero-order valence-electron chi connectivity index (χ0n) is 13.9. The molecule has 0 fully saturated rings. The number of carbonyl (C=O) groups excluding carboxylic acids is 3. The van der Waals surface area contributed by atoms with Crippen LogP contribution in [-0.2, 0) is 14.3 Å². The van der Waals surface area contributed by atoms with Crippen molar-refractivity contribution in [2.24, 2.45) is 5.73 Å². The van der Waals surface area contributed by atoms with Crippen molar-refractivity contribution in [3.8, 4) is 5.75 Å². The summed E-state index contributed by atoms with van der Waals surface area (Å²) in [5.74, 6) is -1.93. The number of halogens is 1. The van der Waals surface area contributed by atoms with Crippen LogP contribution in [0.3, 0.4) is 0 Å². The number of esters is 1. The molecule has 3 N–H and O–H groups in total.